The Labute approximate surface area is 117 Å². The van der Waals surface area contributed by atoms with E-state index in [4.69, 9.17) is 9.47 Å². The van der Waals surface area contributed by atoms with Crippen LogP contribution in [-0.2, 0) is 11.3 Å². The summed E-state index contributed by atoms with van der Waals surface area (Å²) in [5.74, 6) is 2.97. The zero-order valence-corrected chi connectivity index (χ0v) is 11.2. The van der Waals surface area contributed by atoms with Gasteiger partial charge in [-0.05, 0) is 42.4 Å². The van der Waals surface area contributed by atoms with E-state index in [2.05, 4.69) is 17.5 Å². The van der Waals surface area contributed by atoms with Crippen LogP contribution in [0.4, 0.5) is 0 Å². The highest BCUT2D eigenvalue weighted by atomic mass is 16.7. The minimum atomic E-state index is 0.166. The van der Waals surface area contributed by atoms with Crippen LogP contribution >= 0.6 is 0 Å². The SMILES string of the molecule is O=C(NCc1ccc2c(c1)OCO2)[C@@H]1C[C@@H]2C=C[C@H]1C2. The summed E-state index contributed by atoms with van der Waals surface area (Å²) in [4.78, 5) is 12.2. The molecule has 4 rings (SSSR count). The quantitative estimate of drug-likeness (QED) is 0.858. The van der Waals surface area contributed by atoms with Gasteiger partial charge < -0.3 is 14.8 Å². The Morgan fingerprint density at radius 2 is 2.10 bits per heavy atom. The van der Waals surface area contributed by atoms with Gasteiger partial charge in [-0.3, -0.25) is 4.79 Å². The van der Waals surface area contributed by atoms with Crippen LogP contribution in [0.15, 0.2) is 30.4 Å². The van der Waals surface area contributed by atoms with Crippen molar-refractivity contribution in [1.29, 1.82) is 0 Å². The van der Waals surface area contributed by atoms with Crippen LogP contribution in [0.5, 0.6) is 11.5 Å². The Balaban J connectivity index is 1.38. The molecule has 1 heterocycles. The summed E-state index contributed by atoms with van der Waals surface area (Å²) in [6.45, 7) is 0.829. The Kier molecular flexibility index (Phi) is 2.69. The third-order valence-corrected chi connectivity index (χ3v) is 4.52. The molecule has 2 aliphatic carbocycles. The standard InChI is InChI=1S/C16H17NO3/c18-16(13-6-10-1-3-12(13)5-10)17-8-11-2-4-14-15(7-11)20-9-19-14/h1-4,7,10,12-13H,5-6,8-9H2,(H,17,18)/t10-,12+,13-/m1/s1. The largest absolute Gasteiger partial charge is 0.454 e. The Morgan fingerprint density at radius 1 is 1.20 bits per heavy atom. The van der Waals surface area contributed by atoms with Crippen molar-refractivity contribution in [3.8, 4) is 11.5 Å². The van der Waals surface area contributed by atoms with E-state index in [-0.39, 0.29) is 18.6 Å². The number of amides is 1. The molecule has 1 fully saturated rings. The van der Waals surface area contributed by atoms with E-state index in [1.807, 2.05) is 18.2 Å². The van der Waals surface area contributed by atoms with E-state index < -0.39 is 0 Å². The van der Waals surface area contributed by atoms with Crippen LogP contribution in [0.3, 0.4) is 0 Å². The van der Waals surface area contributed by atoms with E-state index in [9.17, 15) is 4.79 Å². The predicted molar refractivity (Wildman–Crippen MR) is 73.3 cm³/mol. The number of rotatable bonds is 3. The second kappa shape index (κ2) is 4.54. The zero-order valence-electron chi connectivity index (χ0n) is 11.2. The van der Waals surface area contributed by atoms with Gasteiger partial charge in [-0.1, -0.05) is 18.2 Å². The van der Waals surface area contributed by atoms with Gasteiger partial charge in [0.2, 0.25) is 12.7 Å². The summed E-state index contributed by atoms with van der Waals surface area (Å²) >= 11 is 0. The molecule has 3 aliphatic rings. The molecule has 1 aromatic rings. The molecule has 1 amide bonds. The van der Waals surface area contributed by atoms with Gasteiger partial charge in [0.15, 0.2) is 11.5 Å². The summed E-state index contributed by atoms with van der Waals surface area (Å²) in [5, 5.41) is 3.05. The number of fused-ring (bicyclic) bond motifs is 3. The normalized spacial score (nSPS) is 28.9. The maximum absolute atomic E-state index is 12.2. The average Bonchev–Trinajstić information content (AvgIpc) is 3.19. The van der Waals surface area contributed by atoms with Crippen LogP contribution in [0.2, 0.25) is 0 Å². The second-order valence-corrected chi connectivity index (χ2v) is 5.79. The maximum atomic E-state index is 12.2. The summed E-state index contributed by atoms with van der Waals surface area (Å²) in [7, 11) is 0. The number of ether oxygens (including phenoxy) is 2. The number of hydrogen-bond donors (Lipinski definition) is 1. The molecule has 4 nitrogen and oxygen atoms in total. The van der Waals surface area contributed by atoms with Crippen molar-refractivity contribution in [2.75, 3.05) is 6.79 Å². The topological polar surface area (TPSA) is 47.6 Å². The molecular formula is C16H17NO3. The average molecular weight is 271 g/mol. The lowest BCUT2D eigenvalue weighted by Crippen LogP contribution is -2.32. The molecule has 0 aromatic heterocycles. The van der Waals surface area contributed by atoms with E-state index in [1.165, 1.54) is 0 Å². The monoisotopic (exact) mass is 271 g/mol. The molecule has 1 aliphatic heterocycles. The fraction of sp³-hybridized carbons (Fsp3) is 0.438. The van der Waals surface area contributed by atoms with E-state index >= 15 is 0 Å². The molecular weight excluding hydrogens is 254 g/mol. The van der Waals surface area contributed by atoms with E-state index in [1.54, 1.807) is 0 Å². The molecule has 1 N–H and O–H groups in total. The number of benzene rings is 1. The Morgan fingerprint density at radius 3 is 2.90 bits per heavy atom. The van der Waals surface area contributed by atoms with Crippen LogP contribution in [0.1, 0.15) is 18.4 Å². The second-order valence-electron chi connectivity index (χ2n) is 5.79. The highest BCUT2D eigenvalue weighted by Gasteiger charge is 2.39. The predicted octanol–water partition coefficient (Wildman–Crippen LogP) is 2.24. The molecule has 0 spiro atoms. The number of hydrogen-bond acceptors (Lipinski definition) is 3. The lowest BCUT2D eigenvalue weighted by Gasteiger charge is -2.17. The molecule has 4 heteroatoms. The molecule has 0 unspecified atom stereocenters. The smallest absolute Gasteiger partial charge is 0.231 e. The van der Waals surface area contributed by atoms with Gasteiger partial charge in [0, 0.05) is 12.5 Å². The number of nitrogens with one attached hydrogen (secondary N) is 1. The van der Waals surface area contributed by atoms with Crippen molar-refractivity contribution in [1.82, 2.24) is 5.32 Å². The summed E-state index contributed by atoms with van der Waals surface area (Å²) in [6, 6.07) is 5.79. The Bertz CT molecular complexity index is 581. The van der Waals surface area contributed by atoms with Crippen LogP contribution in [0.25, 0.3) is 0 Å². The molecule has 1 saturated carbocycles. The Hall–Kier alpha value is -1.97. The minimum Gasteiger partial charge on any atom is -0.454 e. The van der Waals surface area contributed by atoms with Gasteiger partial charge >= 0.3 is 0 Å². The molecule has 1 aromatic carbocycles. The molecule has 0 radical (unpaired) electrons. The van der Waals surface area contributed by atoms with Gasteiger partial charge in [-0.15, -0.1) is 0 Å². The van der Waals surface area contributed by atoms with Gasteiger partial charge in [-0.2, -0.15) is 0 Å². The van der Waals surface area contributed by atoms with Gasteiger partial charge in [0.25, 0.3) is 0 Å². The molecule has 0 saturated heterocycles. The molecule has 2 bridgehead atoms. The van der Waals surface area contributed by atoms with Crippen molar-refractivity contribution < 1.29 is 14.3 Å². The number of carbonyl (C=O) groups is 1. The minimum absolute atomic E-state index is 0.166. The van der Waals surface area contributed by atoms with E-state index in [0.29, 0.717) is 18.4 Å². The van der Waals surface area contributed by atoms with Gasteiger partial charge in [0.05, 0.1) is 0 Å². The third-order valence-electron chi connectivity index (χ3n) is 4.52. The molecule has 20 heavy (non-hydrogen) atoms. The summed E-state index contributed by atoms with van der Waals surface area (Å²) < 4.78 is 10.6. The van der Waals surface area contributed by atoms with Gasteiger partial charge in [-0.25, -0.2) is 0 Å². The third kappa shape index (κ3) is 1.96. The number of carbonyl (C=O) groups excluding carboxylic acids is 1. The van der Waals surface area contributed by atoms with Crippen molar-refractivity contribution in [2.45, 2.75) is 19.4 Å². The van der Waals surface area contributed by atoms with Crippen LogP contribution in [-0.4, -0.2) is 12.7 Å². The van der Waals surface area contributed by atoms with Gasteiger partial charge in [0.1, 0.15) is 0 Å². The van der Waals surface area contributed by atoms with Crippen LogP contribution < -0.4 is 14.8 Å². The fourth-order valence-electron chi connectivity index (χ4n) is 3.45. The first-order valence-corrected chi connectivity index (χ1v) is 7.14. The highest BCUT2D eigenvalue weighted by Crippen LogP contribution is 2.43. The summed E-state index contributed by atoms with van der Waals surface area (Å²) in [6.07, 6.45) is 6.63. The lowest BCUT2D eigenvalue weighted by molar-refractivity contribution is -0.125. The number of allylic oxidation sites excluding steroid dienone is 2. The van der Waals surface area contributed by atoms with Crippen molar-refractivity contribution in [2.24, 2.45) is 17.8 Å². The molecule has 3 atom stereocenters. The van der Waals surface area contributed by atoms with Crippen LogP contribution in [0, 0.1) is 17.8 Å². The lowest BCUT2D eigenvalue weighted by atomic mass is 9.93. The molecule has 104 valence electrons. The van der Waals surface area contributed by atoms with Crippen molar-refractivity contribution in [3.63, 3.8) is 0 Å². The van der Waals surface area contributed by atoms with Crippen molar-refractivity contribution >= 4 is 5.91 Å². The summed E-state index contributed by atoms with van der Waals surface area (Å²) in [5.41, 5.74) is 1.04. The first kappa shape index (κ1) is 11.8. The fourth-order valence-corrected chi connectivity index (χ4v) is 3.45. The van der Waals surface area contributed by atoms with Crippen molar-refractivity contribution in [3.05, 3.63) is 35.9 Å². The highest BCUT2D eigenvalue weighted by molar-refractivity contribution is 5.80. The first-order valence-electron chi connectivity index (χ1n) is 7.14. The zero-order chi connectivity index (χ0) is 13.5. The maximum Gasteiger partial charge on any atom is 0.231 e. The first-order chi connectivity index (χ1) is 9.79. The van der Waals surface area contributed by atoms with E-state index in [0.717, 1.165) is 29.9 Å².